The van der Waals surface area contributed by atoms with Crippen LogP contribution in [0.2, 0.25) is 5.02 Å². The molecule has 0 saturated carbocycles. The smallest absolute Gasteiger partial charge is 0.234 e. The molecule has 0 fully saturated rings. The molecule has 100 valence electrons. The number of aryl methyl sites for hydroxylation is 1. The van der Waals surface area contributed by atoms with Gasteiger partial charge in [0.15, 0.2) is 0 Å². The highest BCUT2D eigenvalue weighted by molar-refractivity contribution is 9.10. The normalized spacial score (nSPS) is 10.3. The molecule has 0 aliphatic heterocycles. The van der Waals surface area contributed by atoms with E-state index in [4.69, 9.17) is 22.2 Å². The summed E-state index contributed by atoms with van der Waals surface area (Å²) >= 11 is 9.58. The fourth-order valence-electron chi connectivity index (χ4n) is 1.49. The van der Waals surface area contributed by atoms with Crippen LogP contribution in [0.15, 0.2) is 10.5 Å². The second-order valence-electron chi connectivity index (χ2n) is 3.96. The molecule has 18 heavy (non-hydrogen) atoms. The number of hydrogen-bond donors (Lipinski definition) is 2. The van der Waals surface area contributed by atoms with E-state index < -0.39 is 0 Å². The van der Waals surface area contributed by atoms with Gasteiger partial charge in [0.05, 0.1) is 11.1 Å². The van der Waals surface area contributed by atoms with Gasteiger partial charge in [-0.05, 0) is 53.4 Å². The third-order valence-corrected chi connectivity index (χ3v) is 4.10. The van der Waals surface area contributed by atoms with Crippen molar-refractivity contribution in [1.29, 1.82) is 0 Å². The summed E-state index contributed by atoms with van der Waals surface area (Å²) in [6.45, 7) is 4.30. The van der Waals surface area contributed by atoms with E-state index >= 15 is 0 Å². The van der Waals surface area contributed by atoms with E-state index in [1.807, 2.05) is 19.9 Å². The van der Waals surface area contributed by atoms with Gasteiger partial charge >= 0.3 is 0 Å². The first kappa shape index (κ1) is 15.3. The van der Waals surface area contributed by atoms with E-state index in [0.717, 1.165) is 26.4 Å². The van der Waals surface area contributed by atoms with Gasteiger partial charge in [-0.3, -0.25) is 10.2 Å². The molecule has 0 spiro atoms. The third kappa shape index (κ3) is 3.86. The maximum absolute atomic E-state index is 10.9. The van der Waals surface area contributed by atoms with Crippen molar-refractivity contribution in [1.82, 2.24) is 5.43 Å². The first-order valence-corrected chi connectivity index (χ1v) is 6.72. The zero-order valence-electron chi connectivity index (χ0n) is 10.3. The summed E-state index contributed by atoms with van der Waals surface area (Å²) in [5, 5.41) is 0.733. The zero-order valence-corrected chi connectivity index (χ0v) is 12.7. The molecule has 0 saturated heterocycles. The molecule has 6 heteroatoms. The highest BCUT2D eigenvalue weighted by Gasteiger charge is 2.10. The van der Waals surface area contributed by atoms with Crippen molar-refractivity contribution in [3.63, 3.8) is 0 Å². The van der Waals surface area contributed by atoms with Crippen LogP contribution in [-0.4, -0.2) is 12.5 Å². The van der Waals surface area contributed by atoms with Gasteiger partial charge in [-0.1, -0.05) is 11.6 Å². The topological polar surface area (TPSA) is 64.3 Å². The predicted octanol–water partition coefficient (Wildman–Crippen LogP) is 2.87. The fraction of sp³-hybridized carbons (Fsp3) is 0.417. The largest absolute Gasteiger partial charge is 0.492 e. The summed E-state index contributed by atoms with van der Waals surface area (Å²) in [5.74, 6) is 5.53. The van der Waals surface area contributed by atoms with Gasteiger partial charge in [0.1, 0.15) is 5.75 Å². The van der Waals surface area contributed by atoms with Crippen molar-refractivity contribution in [2.24, 2.45) is 5.84 Å². The summed E-state index contributed by atoms with van der Waals surface area (Å²) in [4.78, 5) is 10.9. The van der Waals surface area contributed by atoms with Crippen molar-refractivity contribution in [3.8, 4) is 5.75 Å². The molecule has 0 aliphatic rings. The van der Waals surface area contributed by atoms with E-state index in [1.165, 1.54) is 0 Å². The van der Waals surface area contributed by atoms with Crippen LogP contribution < -0.4 is 16.0 Å². The highest BCUT2D eigenvalue weighted by Crippen LogP contribution is 2.35. The second-order valence-corrected chi connectivity index (χ2v) is 5.14. The standard InChI is InChI=1S/C12H16BrClN2O2/c1-7-6-9(11(13)8(2)12(7)14)18-5-3-4-10(17)16-15/h6H,3-5,15H2,1-2H3,(H,16,17). The number of hydrazine groups is 1. The second kappa shape index (κ2) is 6.97. The summed E-state index contributed by atoms with van der Waals surface area (Å²) in [7, 11) is 0. The van der Waals surface area contributed by atoms with Crippen LogP contribution in [0.5, 0.6) is 5.75 Å². The lowest BCUT2D eigenvalue weighted by Crippen LogP contribution is -2.29. The lowest BCUT2D eigenvalue weighted by molar-refractivity contribution is -0.121. The van der Waals surface area contributed by atoms with Crippen molar-refractivity contribution in [3.05, 3.63) is 26.7 Å². The number of ether oxygens (including phenoxy) is 1. The Balaban J connectivity index is 2.60. The van der Waals surface area contributed by atoms with Crippen LogP contribution in [-0.2, 0) is 4.79 Å². The average molecular weight is 336 g/mol. The first-order valence-electron chi connectivity index (χ1n) is 5.54. The molecule has 4 nitrogen and oxygen atoms in total. The van der Waals surface area contributed by atoms with Crippen molar-refractivity contribution in [2.75, 3.05) is 6.61 Å². The van der Waals surface area contributed by atoms with Gasteiger partial charge < -0.3 is 4.74 Å². The Morgan fingerprint density at radius 1 is 1.56 bits per heavy atom. The molecule has 0 atom stereocenters. The van der Waals surface area contributed by atoms with Crippen molar-refractivity contribution < 1.29 is 9.53 Å². The van der Waals surface area contributed by atoms with E-state index in [2.05, 4.69) is 21.4 Å². The van der Waals surface area contributed by atoms with Crippen LogP contribution in [0.1, 0.15) is 24.0 Å². The molecular weight excluding hydrogens is 320 g/mol. The number of carbonyl (C=O) groups excluding carboxylic acids is 1. The molecular formula is C12H16BrClN2O2. The maximum atomic E-state index is 10.9. The number of rotatable bonds is 5. The van der Waals surface area contributed by atoms with Gasteiger partial charge in [0.25, 0.3) is 0 Å². The molecule has 1 amide bonds. The Bertz CT molecular complexity index is 452. The lowest BCUT2D eigenvalue weighted by atomic mass is 10.1. The molecule has 1 aromatic rings. The number of nitrogens with one attached hydrogen (secondary N) is 1. The molecule has 0 bridgehead atoms. The third-order valence-electron chi connectivity index (χ3n) is 2.54. The van der Waals surface area contributed by atoms with Crippen LogP contribution in [0.25, 0.3) is 0 Å². The Kier molecular flexibility index (Phi) is 5.91. The SMILES string of the molecule is Cc1cc(OCCCC(=O)NN)c(Br)c(C)c1Cl. The van der Waals surface area contributed by atoms with Crippen LogP contribution in [0, 0.1) is 13.8 Å². The molecule has 0 aromatic heterocycles. The van der Waals surface area contributed by atoms with Crippen LogP contribution in [0.3, 0.4) is 0 Å². The molecule has 1 rings (SSSR count). The number of benzene rings is 1. The minimum atomic E-state index is -0.193. The summed E-state index contributed by atoms with van der Waals surface area (Å²) in [6, 6.07) is 1.88. The van der Waals surface area contributed by atoms with E-state index in [0.29, 0.717) is 19.4 Å². The monoisotopic (exact) mass is 334 g/mol. The van der Waals surface area contributed by atoms with E-state index in [-0.39, 0.29) is 5.91 Å². The molecule has 3 N–H and O–H groups in total. The predicted molar refractivity (Wildman–Crippen MR) is 75.7 cm³/mol. The van der Waals surface area contributed by atoms with Gasteiger partial charge in [-0.25, -0.2) is 5.84 Å². The Hall–Kier alpha value is -0.780. The Labute approximate surface area is 120 Å². The zero-order chi connectivity index (χ0) is 13.7. The average Bonchev–Trinajstić information content (AvgIpc) is 2.37. The van der Waals surface area contributed by atoms with E-state index in [9.17, 15) is 4.79 Å². The first-order chi connectivity index (χ1) is 8.47. The molecule has 0 heterocycles. The molecule has 0 aliphatic carbocycles. The Morgan fingerprint density at radius 2 is 2.22 bits per heavy atom. The van der Waals surface area contributed by atoms with Crippen LogP contribution >= 0.6 is 27.5 Å². The molecule has 1 aromatic carbocycles. The van der Waals surface area contributed by atoms with Gasteiger partial charge in [0, 0.05) is 11.4 Å². The lowest BCUT2D eigenvalue weighted by Gasteiger charge is -2.13. The summed E-state index contributed by atoms with van der Waals surface area (Å²) < 4.78 is 6.47. The minimum Gasteiger partial charge on any atom is -0.492 e. The quantitative estimate of drug-likeness (QED) is 0.376. The van der Waals surface area contributed by atoms with Crippen LogP contribution in [0.4, 0.5) is 0 Å². The maximum Gasteiger partial charge on any atom is 0.234 e. The number of nitrogens with two attached hydrogens (primary N) is 1. The number of amides is 1. The highest BCUT2D eigenvalue weighted by atomic mass is 79.9. The van der Waals surface area contributed by atoms with Crippen molar-refractivity contribution in [2.45, 2.75) is 26.7 Å². The van der Waals surface area contributed by atoms with E-state index in [1.54, 1.807) is 0 Å². The van der Waals surface area contributed by atoms with Crippen molar-refractivity contribution >= 4 is 33.4 Å². The molecule has 0 radical (unpaired) electrons. The number of carbonyl (C=O) groups is 1. The number of hydrogen-bond acceptors (Lipinski definition) is 3. The number of halogens is 2. The van der Waals surface area contributed by atoms with Gasteiger partial charge in [-0.15, -0.1) is 0 Å². The Morgan fingerprint density at radius 3 is 2.83 bits per heavy atom. The fourth-order valence-corrected chi connectivity index (χ4v) is 2.18. The summed E-state index contributed by atoms with van der Waals surface area (Å²) in [6.07, 6.45) is 0.954. The van der Waals surface area contributed by atoms with Gasteiger partial charge in [-0.2, -0.15) is 0 Å². The summed E-state index contributed by atoms with van der Waals surface area (Å²) in [5.41, 5.74) is 3.99. The molecule has 0 unspecified atom stereocenters. The minimum absolute atomic E-state index is 0.193. The van der Waals surface area contributed by atoms with Gasteiger partial charge in [0.2, 0.25) is 5.91 Å².